The van der Waals surface area contributed by atoms with Gasteiger partial charge in [0.1, 0.15) is 5.56 Å². The van der Waals surface area contributed by atoms with E-state index in [1.165, 1.54) is 12.6 Å². The van der Waals surface area contributed by atoms with Crippen LogP contribution >= 0.6 is 0 Å². The monoisotopic (exact) mass is 248 g/mol. The second-order valence-electron chi connectivity index (χ2n) is 5.18. The summed E-state index contributed by atoms with van der Waals surface area (Å²) >= 11 is 0. The molecule has 1 aliphatic heterocycles. The number of aromatic nitrogens is 1. The van der Waals surface area contributed by atoms with E-state index in [4.69, 9.17) is 0 Å². The third-order valence-electron chi connectivity index (χ3n) is 3.72. The Balaban J connectivity index is 2.47. The molecule has 0 aliphatic carbocycles. The predicted molar refractivity (Wildman–Crippen MR) is 71.2 cm³/mol. The Morgan fingerprint density at radius 1 is 1.39 bits per heavy atom. The van der Waals surface area contributed by atoms with Gasteiger partial charge in [0.15, 0.2) is 0 Å². The molecule has 18 heavy (non-hydrogen) atoms. The van der Waals surface area contributed by atoms with E-state index in [1.807, 2.05) is 13.0 Å². The van der Waals surface area contributed by atoms with Crippen LogP contribution in [0.25, 0.3) is 0 Å². The smallest absolute Gasteiger partial charge is 0.339 e. The number of hydrogen-bond acceptors (Lipinski definition) is 3. The van der Waals surface area contributed by atoms with Crippen LogP contribution in [0.5, 0.6) is 0 Å². The maximum atomic E-state index is 11.3. The molecule has 4 heteroatoms. The second kappa shape index (κ2) is 4.96. The number of piperidine rings is 1. The van der Waals surface area contributed by atoms with Crippen molar-refractivity contribution in [3.05, 3.63) is 23.5 Å². The summed E-state index contributed by atoms with van der Waals surface area (Å²) in [6.07, 6.45) is 4.92. The molecule has 0 aromatic carbocycles. The summed E-state index contributed by atoms with van der Waals surface area (Å²) in [6, 6.07) is 2.66. The highest BCUT2D eigenvalue weighted by atomic mass is 16.4. The predicted octanol–water partition coefficient (Wildman–Crippen LogP) is 2.86. The molecule has 2 heterocycles. The van der Waals surface area contributed by atoms with Crippen molar-refractivity contribution in [3.8, 4) is 0 Å². The molecule has 1 N–H and O–H groups in total. The molecule has 2 atom stereocenters. The normalized spacial score (nSPS) is 24.1. The lowest BCUT2D eigenvalue weighted by Crippen LogP contribution is -2.44. The zero-order valence-corrected chi connectivity index (χ0v) is 11.2. The SMILES string of the molecule is Cc1cc(N2[C@H](C)CCC[C@@H]2C)c(C(=O)O)cn1. The van der Waals surface area contributed by atoms with E-state index in [1.54, 1.807) is 0 Å². The van der Waals surface area contributed by atoms with Crippen LogP contribution in [0, 0.1) is 6.92 Å². The molecule has 4 nitrogen and oxygen atoms in total. The van der Waals surface area contributed by atoms with Crippen LogP contribution in [0.2, 0.25) is 0 Å². The Morgan fingerprint density at radius 3 is 2.56 bits per heavy atom. The minimum absolute atomic E-state index is 0.307. The Bertz CT molecular complexity index is 449. The van der Waals surface area contributed by atoms with Crippen molar-refractivity contribution < 1.29 is 9.90 Å². The molecule has 2 rings (SSSR count). The van der Waals surface area contributed by atoms with E-state index in [9.17, 15) is 9.90 Å². The van der Waals surface area contributed by atoms with Crippen LogP contribution in [-0.2, 0) is 0 Å². The van der Waals surface area contributed by atoms with E-state index in [2.05, 4.69) is 23.7 Å². The fraction of sp³-hybridized carbons (Fsp3) is 0.571. The van der Waals surface area contributed by atoms with E-state index in [-0.39, 0.29) is 0 Å². The van der Waals surface area contributed by atoms with Crippen molar-refractivity contribution in [1.29, 1.82) is 0 Å². The highest BCUT2D eigenvalue weighted by Crippen LogP contribution is 2.31. The number of hydrogen-bond donors (Lipinski definition) is 1. The lowest BCUT2D eigenvalue weighted by molar-refractivity contribution is 0.0697. The van der Waals surface area contributed by atoms with Crippen LogP contribution in [0.4, 0.5) is 5.69 Å². The summed E-state index contributed by atoms with van der Waals surface area (Å²) in [6.45, 7) is 6.22. The van der Waals surface area contributed by atoms with Crippen molar-refractivity contribution in [2.75, 3.05) is 4.90 Å². The molecule has 0 saturated carbocycles. The summed E-state index contributed by atoms with van der Waals surface area (Å²) in [5.41, 5.74) is 1.98. The summed E-state index contributed by atoms with van der Waals surface area (Å²) in [5, 5.41) is 9.29. The van der Waals surface area contributed by atoms with Gasteiger partial charge in [0.2, 0.25) is 0 Å². The maximum absolute atomic E-state index is 11.3. The van der Waals surface area contributed by atoms with Crippen LogP contribution < -0.4 is 4.90 Å². The molecule has 1 aromatic rings. The van der Waals surface area contributed by atoms with Gasteiger partial charge in [-0.3, -0.25) is 4.98 Å². The van der Waals surface area contributed by atoms with Gasteiger partial charge in [0, 0.05) is 24.0 Å². The average Bonchev–Trinajstić information content (AvgIpc) is 2.28. The average molecular weight is 248 g/mol. The van der Waals surface area contributed by atoms with E-state index in [0.29, 0.717) is 17.6 Å². The minimum atomic E-state index is -0.900. The summed E-state index contributed by atoms with van der Waals surface area (Å²) in [4.78, 5) is 17.7. The van der Waals surface area contributed by atoms with Crippen molar-refractivity contribution in [2.24, 2.45) is 0 Å². The maximum Gasteiger partial charge on any atom is 0.339 e. The number of carboxylic acid groups (broad SMARTS) is 1. The fourth-order valence-corrected chi connectivity index (χ4v) is 2.82. The first-order valence-corrected chi connectivity index (χ1v) is 6.49. The van der Waals surface area contributed by atoms with Crippen molar-refractivity contribution in [2.45, 2.75) is 52.1 Å². The van der Waals surface area contributed by atoms with Gasteiger partial charge in [-0.15, -0.1) is 0 Å². The summed E-state index contributed by atoms with van der Waals surface area (Å²) in [7, 11) is 0. The Hall–Kier alpha value is -1.58. The quantitative estimate of drug-likeness (QED) is 0.874. The number of pyridine rings is 1. The number of aryl methyl sites for hydroxylation is 1. The molecule has 1 aliphatic rings. The van der Waals surface area contributed by atoms with Crippen LogP contribution in [0.1, 0.15) is 49.2 Å². The van der Waals surface area contributed by atoms with Crippen molar-refractivity contribution >= 4 is 11.7 Å². The lowest BCUT2D eigenvalue weighted by atomic mass is 9.95. The summed E-state index contributed by atoms with van der Waals surface area (Å²) in [5.74, 6) is -0.900. The van der Waals surface area contributed by atoms with Gasteiger partial charge < -0.3 is 10.0 Å². The number of carboxylic acids is 1. The standard InChI is InChI=1S/C14H20N2O2/c1-9-7-13(12(8-15-9)14(17)18)16-10(2)5-4-6-11(16)3/h7-8,10-11H,4-6H2,1-3H3,(H,17,18)/t10-,11+. The van der Waals surface area contributed by atoms with Crippen LogP contribution in [-0.4, -0.2) is 28.1 Å². The van der Waals surface area contributed by atoms with Crippen LogP contribution in [0.15, 0.2) is 12.3 Å². The van der Waals surface area contributed by atoms with Gasteiger partial charge in [-0.25, -0.2) is 4.79 Å². The molecular weight excluding hydrogens is 228 g/mol. The zero-order chi connectivity index (χ0) is 13.3. The Morgan fingerprint density at radius 2 is 2.00 bits per heavy atom. The molecule has 1 fully saturated rings. The van der Waals surface area contributed by atoms with Crippen molar-refractivity contribution in [1.82, 2.24) is 4.98 Å². The first kappa shape index (κ1) is 12.9. The highest BCUT2D eigenvalue weighted by Gasteiger charge is 2.28. The Labute approximate surface area is 108 Å². The van der Waals surface area contributed by atoms with Gasteiger partial charge in [-0.1, -0.05) is 0 Å². The molecule has 0 bridgehead atoms. The Kier molecular flexibility index (Phi) is 3.55. The number of aromatic carboxylic acids is 1. The van der Waals surface area contributed by atoms with E-state index in [0.717, 1.165) is 24.2 Å². The molecule has 98 valence electrons. The van der Waals surface area contributed by atoms with Crippen molar-refractivity contribution in [3.63, 3.8) is 0 Å². The zero-order valence-electron chi connectivity index (χ0n) is 11.2. The first-order chi connectivity index (χ1) is 8.50. The summed E-state index contributed by atoms with van der Waals surface area (Å²) < 4.78 is 0. The minimum Gasteiger partial charge on any atom is -0.478 e. The van der Waals surface area contributed by atoms with Gasteiger partial charge >= 0.3 is 5.97 Å². The number of carbonyl (C=O) groups is 1. The van der Waals surface area contributed by atoms with Gasteiger partial charge in [-0.2, -0.15) is 0 Å². The topological polar surface area (TPSA) is 53.4 Å². The number of nitrogens with zero attached hydrogens (tertiary/aromatic N) is 2. The third-order valence-corrected chi connectivity index (χ3v) is 3.72. The third kappa shape index (κ3) is 2.33. The lowest BCUT2D eigenvalue weighted by Gasteiger charge is -2.41. The highest BCUT2D eigenvalue weighted by molar-refractivity contribution is 5.94. The molecule has 0 spiro atoms. The molecule has 0 unspecified atom stereocenters. The molecule has 0 radical (unpaired) electrons. The number of rotatable bonds is 2. The van der Waals surface area contributed by atoms with Gasteiger partial charge in [-0.05, 0) is 46.1 Å². The second-order valence-corrected chi connectivity index (χ2v) is 5.18. The van der Waals surface area contributed by atoms with Gasteiger partial charge in [0.05, 0.1) is 5.69 Å². The van der Waals surface area contributed by atoms with E-state index >= 15 is 0 Å². The molecule has 1 saturated heterocycles. The number of anilines is 1. The fourth-order valence-electron chi connectivity index (χ4n) is 2.82. The molecule has 1 aromatic heterocycles. The molecular formula is C14H20N2O2. The largest absolute Gasteiger partial charge is 0.478 e. The van der Waals surface area contributed by atoms with Crippen LogP contribution in [0.3, 0.4) is 0 Å². The van der Waals surface area contributed by atoms with Gasteiger partial charge in [0.25, 0.3) is 0 Å². The van der Waals surface area contributed by atoms with E-state index < -0.39 is 5.97 Å². The molecule has 0 amide bonds. The first-order valence-electron chi connectivity index (χ1n) is 6.49.